The number of carbonyl (C=O) groups excluding carboxylic acids is 1. The number of hydrogen-bond donors (Lipinski definition) is 1. The summed E-state index contributed by atoms with van der Waals surface area (Å²) in [5.74, 6) is 1.26. The highest BCUT2D eigenvalue weighted by molar-refractivity contribution is 9.10. The van der Waals surface area contributed by atoms with Gasteiger partial charge >= 0.3 is 5.72 Å². The van der Waals surface area contributed by atoms with E-state index in [4.69, 9.17) is 14.6 Å². The normalized spacial score (nSPS) is 22.9. The summed E-state index contributed by atoms with van der Waals surface area (Å²) >= 11 is 3.57. The van der Waals surface area contributed by atoms with Gasteiger partial charge in [-0.1, -0.05) is 34.1 Å². The molecule has 0 radical (unpaired) electrons. The molecule has 3 aliphatic rings. The molecule has 6 rings (SSSR count). The summed E-state index contributed by atoms with van der Waals surface area (Å²) in [6.07, 6.45) is 0.663. The monoisotopic (exact) mass is 475 g/mol. The Bertz CT molecular complexity index is 1260. The van der Waals surface area contributed by atoms with Crippen molar-refractivity contribution >= 4 is 33.2 Å². The molecule has 7 heteroatoms. The Hall–Kier alpha value is -3.32. The van der Waals surface area contributed by atoms with E-state index in [1.165, 1.54) is 0 Å². The van der Waals surface area contributed by atoms with Crippen LogP contribution in [0.5, 0.6) is 11.5 Å². The van der Waals surface area contributed by atoms with Crippen molar-refractivity contribution in [2.45, 2.75) is 18.2 Å². The summed E-state index contributed by atoms with van der Waals surface area (Å²) in [4.78, 5) is 13.4. The maximum Gasteiger partial charge on any atom is 0.306 e. The number of hydrogen-bond acceptors (Lipinski definition) is 5. The Balaban J connectivity index is 1.54. The van der Waals surface area contributed by atoms with E-state index in [1.807, 2.05) is 71.7 Å². The second-order valence-electron chi connectivity index (χ2n) is 7.77. The van der Waals surface area contributed by atoms with E-state index in [0.717, 1.165) is 38.3 Å². The minimum atomic E-state index is -1.34. The van der Waals surface area contributed by atoms with Crippen molar-refractivity contribution in [1.82, 2.24) is 5.01 Å². The molecular weight excluding hydrogens is 458 g/mol. The highest BCUT2D eigenvalue weighted by atomic mass is 79.9. The third-order valence-corrected chi connectivity index (χ3v) is 6.59. The summed E-state index contributed by atoms with van der Waals surface area (Å²) in [5, 5.41) is 9.77. The van der Waals surface area contributed by atoms with Crippen molar-refractivity contribution in [3.05, 3.63) is 87.9 Å². The van der Waals surface area contributed by atoms with Gasteiger partial charge in [0.25, 0.3) is 5.91 Å². The van der Waals surface area contributed by atoms with Gasteiger partial charge in [-0.05, 0) is 54.1 Å². The average Bonchev–Trinajstić information content (AvgIpc) is 3.36. The van der Waals surface area contributed by atoms with Crippen molar-refractivity contribution in [2.75, 3.05) is 12.4 Å². The number of carbonyl (C=O) groups is 1. The molecule has 2 unspecified atom stereocenters. The Labute approximate surface area is 187 Å². The van der Waals surface area contributed by atoms with Gasteiger partial charge in [-0.25, -0.2) is 5.01 Å². The Morgan fingerprint density at radius 1 is 1.16 bits per heavy atom. The Morgan fingerprint density at radius 3 is 2.77 bits per heavy atom. The number of fused-ring (bicyclic) bond motifs is 6. The maximum atomic E-state index is 13.4. The van der Waals surface area contributed by atoms with Crippen molar-refractivity contribution in [3.8, 4) is 11.5 Å². The molecule has 3 aliphatic heterocycles. The van der Waals surface area contributed by atoms with Gasteiger partial charge < -0.3 is 14.8 Å². The number of rotatable bonds is 2. The summed E-state index contributed by atoms with van der Waals surface area (Å²) in [5.41, 5.74) is 3.09. The van der Waals surface area contributed by atoms with E-state index in [-0.39, 0.29) is 11.9 Å². The van der Waals surface area contributed by atoms with Crippen LogP contribution in [-0.4, -0.2) is 23.7 Å². The lowest BCUT2D eigenvalue weighted by molar-refractivity contribution is -0.161. The molecule has 0 fully saturated rings. The lowest BCUT2D eigenvalue weighted by Crippen LogP contribution is -2.55. The minimum absolute atomic E-state index is 0.129. The molecule has 6 nitrogen and oxygen atoms in total. The summed E-state index contributed by atoms with van der Waals surface area (Å²) in [6, 6.07) is 21.2. The van der Waals surface area contributed by atoms with Gasteiger partial charge in [0.1, 0.15) is 11.5 Å². The van der Waals surface area contributed by atoms with Crippen LogP contribution in [0.25, 0.3) is 0 Å². The second-order valence-corrected chi connectivity index (χ2v) is 8.68. The molecule has 1 amide bonds. The van der Waals surface area contributed by atoms with Crippen LogP contribution in [0, 0.1) is 0 Å². The first-order valence-corrected chi connectivity index (χ1v) is 10.8. The van der Waals surface area contributed by atoms with E-state index >= 15 is 0 Å². The van der Waals surface area contributed by atoms with Gasteiger partial charge in [0.15, 0.2) is 0 Å². The Morgan fingerprint density at radius 2 is 1.97 bits per heavy atom. The minimum Gasteiger partial charge on any atom is -0.497 e. The number of benzene rings is 3. The molecule has 0 saturated carbocycles. The molecule has 154 valence electrons. The van der Waals surface area contributed by atoms with Crippen LogP contribution in [-0.2, 0) is 10.5 Å². The predicted octanol–water partition coefficient (Wildman–Crippen LogP) is 4.81. The molecule has 3 heterocycles. The van der Waals surface area contributed by atoms with Crippen LogP contribution in [0.15, 0.2) is 76.3 Å². The molecule has 3 aromatic carbocycles. The first-order chi connectivity index (χ1) is 15.1. The van der Waals surface area contributed by atoms with Gasteiger partial charge in [-0.3, -0.25) is 4.79 Å². The number of para-hydroxylation sites is 1. The Kier molecular flexibility index (Phi) is 3.92. The van der Waals surface area contributed by atoms with Gasteiger partial charge in [0.05, 0.1) is 30.1 Å². The van der Waals surface area contributed by atoms with Crippen molar-refractivity contribution < 1.29 is 14.3 Å². The molecule has 0 aliphatic carbocycles. The number of nitrogens with one attached hydrogen (secondary N) is 1. The molecule has 2 atom stereocenters. The second kappa shape index (κ2) is 6.59. The SMILES string of the molecule is COc1ccc(C2=NN3C(C2)c2cc(Br)ccc2OC32C(=O)Nc3ccccc32)cc1. The summed E-state index contributed by atoms with van der Waals surface area (Å²) in [7, 11) is 1.65. The number of ether oxygens (including phenoxy) is 2. The molecule has 31 heavy (non-hydrogen) atoms. The first kappa shape index (κ1) is 18.4. The van der Waals surface area contributed by atoms with E-state index < -0.39 is 5.72 Å². The molecule has 1 N–H and O–H groups in total. The predicted molar refractivity (Wildman–Crippen MR) is 120 cm³/mol. The van der Waals surface area contributed by atoms with E-state index in [0.29, 0.717) is 12.2 Å². The van der Waals surface area contributed by atoms with Gasteiger partial charge in [0, 0.05) is 16.5 Å². The molecular formula is C24H18BrN3O3. The van der Waals surface area contributed by atoms with Crippen molar-refractivity contribution in [2.24, 2.45) is 5.10 Å². The molecule has 0 saturated heterocycles. The van der Waals surface area contributed by atoms with E-state index in [1.54, 1.807) is 7.11 Å². The molecule has 1 spiro atoms. The van der Waals surface area contributed by atoms with Crippen LogP contribution in [0.2, 0.25) is 0 Å². The number of amides is 1. The van der Waals surface area contributed by atoms with Gasteiger partial charge in [-0.2, -0.15) is 5.10 Å². The number of hydrazone groups is 1. The lowest BCUT2D eigenvalue weighted by atomic mass is 9.92. The molecule has 0 aromatic heterocycles. The standard InChI is InChI=1S/C24H18BrN3O3/c1-30-16-9-6-14(7-10-16)20-13-21-17-12-15(25)8-11-22(17)31-24(28(21)27-20)18-4-2-3-5-19(18)26-23(24)29/h2-12,21H,13H2,1H3,(H,26,29). The largest absolute Gasteiger partial charge is 0.497 e. The third-order valence-electron chi connectivity index (χ3n) is 6.09. The summed E-state index contributed by atoms with van der Waals surface area (Å²) in [6.45, 7) is 0. The van der Waals surface area contributed by atoms with Gasteiger partial charge in [-0.15, -0.1) is 0 Å². The van der Waals surface area contributed by atoms with Crippen LogP contribution in [0.4, 0.5) is 5.69 Å². The lowest BCUT2D eigenvalue weighted by Gasteiger charge is -2.44. The smallest absolute Gasteiger partial charge is 0.306 e. The van der Waals surface area contributed by atoms with Crippen LogP contribution in [0.3, 0.4) is 0 Å². The number of nitrogens with zero attached hydrogens (tertiary/aromatic N) is 2. The average molecular weight is 476 g/mol. The first-order valence-electron chi connectivity index (χ1n) is 10.0. The maximum absolute atomic E-state index is 13.4. The topological polar surface area (TPSA) is 63.2 Å². The highest BCUT2D eigenvalue weighted by Gasteiger charge is 2.60. The zero-order valence-corrected chi connectivity index (χ0v) is 18.2. The fourth-order valence-electron chi connectivity index (χ4n) is 4.63. The van der Waals surface area contributed by atoms with Crippen LogP contribution in [0.1, 0.15) is 29.2 Å². The van der Waals surface area contributed by atoms with Crippen molar-refractivity contribution in [1.29, 1.82) is 0 Å². The molecule has 0 bridgehead atoms. The summed E-state index contributed by atoms with van der Waals surface area (Å²) < 4.78 is 12.7. The quantitative estimate of drug-likeness (QED) is 0.577. The van der Waals surface area contributed by atoms with Crippen LogP contribution >= 0.6 is 15.9 Å². The third kappa shape index (κ3) is 2.56. The zero-order chi connectivity index (χ0) is 21.2. The van der Waals surface area contributed by atoms with Crippen LogP contribution < -0.4 is 14.8 Å². The fourth-order valence-corrected chi connectivity index (χ4v) is 5.00. The zero-order valence-electron chi connectivity index (χ0n) is 16.6. The van der Waals surface area contributed by atoms with E-state index in [9.17, 15) is 4.79 Å². The van der Waals surface area contributed by atoms with E-state index in [2.05, 4.69) is 21.2 Å². The number of methoxy groups -OCH3 is 1. The number of anilines is 1. The van der Waals surface area contributed by atoms with Gasteiger partial charge in [0.2, 0.25) is 0 Å². The molecule has 3 aromatic rings. The highest BCUT2D eigenvalue weighted by Crippen LogP contribution is 2.54. The van der Waals surface area contributed by atoms with Crippen molar-refractivity contribution in [3.63, 3.8) is 0 Å². The number of halogens is 1. The fraction of sp³-hybridized carbons (Fsp3) is 0.167.